The van der Waals surface area contributed by atoms with Gasteiger partial charge in [-0.15, -0.1) is 0 Å². The van der Waals surface area contributed by atoms with Crippen molar-refractivity contribution >= 4 is 45.0 Å². The van der Waals surface area contributed by atoms with Crippen LogP contribution < -0.4 is 4.72 Å². The van der Waals surface area contributed by atoms with Gasteiger partial charge in [-0.1, -0.05) is 47.5 Å². The number of para-hydroxylation sites is 1. The van der Waals surface area contributed by atoms with Crippen LogP contribution in [0.1, 0.15) is 23.7 Å². The predicted molar refractivity (Wildman–Crippen MR) is 106 cm³/mol. The van der Waals surface area contributed by atoms with Gasteiger partial charge in [-0.3, -0.25) is 4.72 Å². The number of ether oxygens (including phenoxy) is 1. The van der Waals surface area contributed by atoms with Gasteiger partial charge in [-0.05, 0) is 23.8 Å². The summed E-state index contributed by atoms with van der Waals surface area (Å²) in [5, 5.41) is 0.783. The Hall–Kier alpha value is -2.17. The van der Waals surface area contributed by atoms with Gasteiger partial charge in [-0.2, -0.15) is 21.6 Å². The minimum atomic E-state index is -5.59. The number of nitrogens with one attached hydrogen (secondary N) is 1. The molecule has 162 valence electrons. The maximum Gasteiger partial charge on any atom is 0.516 e. The van der Waals surface area contributed by atoms with Gasteiger partial charge in [0.25, 0.3) is 0 Å². The summed E-state index contributed by atoms with van der Waals surface area (Å²) in [5.41, 5.74) is -4.96. The topological polar surface area (TPSA) is 75.7 Å². The first kappa shape index (κ1) is 22.5. The Morgan fingerprint density at radius 2 is 1.87 bits per heavy atom. The van der Waals surface area contributed by atoms with E-state index in [0.717, 1.165) is 0 Å². The van der Waals surface area contributed by atoms with Crippen LogP contribution in [0.4, 0.5) is 23.7 Å². The summed E-state index contributed by atoms with van der Waals surface area (Å²) in [6.07, 6.45) is -0.924. The lowest BCUT2D eigenvalue weighted by atomic mass is 10.0. The molecule has 12 heteroatoms. The summed E-state index contributed by atoms with van der Waals surface area (Å²) in [4.78, 5) is 13.7. The summed E-state index contributed by atoms with van der Waals surface area (Å²) in [6.45, 7) is 0.0826. The molecule has 1 fully saturated rings. The number of nitrogens with zero attached hydrogens (tertiary/aromatic N) is 1. The van der Waals surface area contributed by atoms with Crippen molar-refractivity contribution in [3.8, 4) is 0 Å². The van der Waals surface area contributed by atoms with E-state index in [9.17, 15) is 26.4 Å². The first-order chi connectivity index (χ1) is 14.0. The quantitative estimate of drug-likeness (QED) is 0.623. The second-order valence-electron chi connectivity index (χ2n) is 6.46. The molecule has 1 unspecified atom stereocenters. The molecule has 1 aliphatic rings. The molecule has 1 heterocycles. The fraction of sp³-hybridized carbons (Fsp3) is 0.278. The van der Waals surface area contributed by atoms with Crippen LogP contribution in [0, 0.1) is 0 Å². The SMILES string of the molecule is O=C1OC(c2ccc(Cl)cc2Cl)CCN1Cc1ccccc1NS(=O)(=O)C(F)(F)F. The van der Waals surface area contributed by atoms with Crippen LogP contribution >= 0.6 is 23.2 Å². The molecule has 3 rings (SSSR count). The number of benzene rings is 2. The third kappa shape index (κ3) is 4.93. The molecule has 1 aliphatic heterocycles. The van der Waals surface area contributed by atoms with Crippen LogP contribution in [0.2, 0.25) is 10.0 Å². The number of anilines is 1. The van der Waals surface area contributed by atoms with Gasteiger partial charge >= 0.3 is 21.6 Å². The molecule has 1 amide bonds. The first-order valence-electron chi connectivity index (χ1n) is 8.55. The fourth-order valence-electron chi connectivity index (χ4n) is 2.91. The lowest BCUT2D eigenvalue weighted by molar-refractivity contribution is -0.0429. The number of amides is 1. The predicted octanol–water partition coefficient (Wildman–Crippen LogP) is 5.34. The number of rotatable bonds is 5. The van der Waals surface area contributed by atoms with Crippen LogP contribution in [-0.2, 0) is 21.3 Å². The highest BCUT2D eigenvalue weighted by Gasteiger charge is 2.46. The minimum Gasteiger partial charge on any atom is -0.441 e. The molecule has 0 spiro atoms. The van der Waals surface area contributed by atoms with E-state index in [1.165, 1.54) is 40.0 Å². The van der Waals surface area contributed by atoms with Crippen molar-refractivity contribution in [1.82, 2.24) is 4.90 Å². The number of carbonyl (C=O) groups excluding carboxylic acids is 1. The van der Waals surface area contributed by atoms with Crippen LogP contribution in [-0.4, -0.2) is 31.5 Å². The Kier molecular flexibility index (Phi) is 6.40. The number of hydrogen-bond acceptors (Lipinski definition) is 4. The zero-order valence-corrected chi connectivity index (χ0v) is 17.4. The number of cyclic esters (lactones) is 1. The smallest absolute Gasteiger partial charge is 0.441 e. The molecule has 2 aromatic rings. The van der Waals surface area contributed by atoms with Gasteiger partial charge in [0, 0.05) is 28.6 Å². The largest absolute Gasteiger partial charge is 0.516 e. The lowest BCUT2D eigenvalue weighted by Crippen LogP contribution is -2.39. The molecule has 0 aliphatic carbocycles. The third-order valence-corrected chi connectivity index (χ3v) is 6.06. The van der Waals surface area contributed by atoms with Gasteiger partial charge in [0.1, 0.15) is 6.10 Å². The number of alkyl halides is 3. The Bertz CT molecular complexity index is 1060. The third-order valence-electron chi connectivity index (χ3n) is 4.40. The van der Waals surface area contributed by atoms with Gasteiger partial charge in [0.05, 0.1) is 12.2 Å². The monoisotopic (exact) mass is 482 g/mol. The molecule has 0 bridgehead atoms. The van der Waals surface area contributed by atoms with Crippen molar-refractivity contribution in [1.29, 1.82) is 0 Å². The Balaban J connectivity index is 1.74. The zero-order valence-electron chi connectivity index (χ0n) is 15.1. The Labute approximate surface area is 180 Å². The average Bonchev–Trinajstić information content (AvgIpc) is 2.64. The molecule has 0 saturated carbocycles. The van der Waals surface area contributed by atoms with Crippen molar-refractivity contribution < 1.29 is 31.1 Å². The highest BCUT2D eigenvalue weighted by Crippen LogP contribution is 2.34. The summed E-state index contributed by atoms with van der Waals surface area (Å²) in [7, 11) is -5.59. The van der Waals surface area contributed by atoms with E-state index in [1.807, 2.05) is 0 Å². The molecular weight excluding hydrogens is 468 g/mol. The summed E-state index contributed by atoms with van der Waals surface area (Å²) < 4.78 is 67.8. The molecule has 30 heavy (non-hydrogen) atoms. The van der Waals surface area contributed by atoms with Gasteiger partial charge in [0.15, 0.2) is 0 Å². The van der Waals surface area contributed by atoms with Crippen LogP contribution in [0.15, 0.2) is 42.5 Å². The number of carbonyl (C=O) groups is 1. The van der Waals surface area contributed by atoms with Crippen LogP contribution in [0.25, 0.3) is 0 Å². The normalized spacial score (nSPS) is 17.6. The van der Waals surface area contributed by atoms with E-state index in [1.54, 1.807) is 12.1 Å². The molecular formula is C18H15Cl2F3N2O4S. The zero-order chi connectivity index (χ0) is 22.1. The highest BCUT2D eigenvalue weighted by molar-refractivity contribution is 7.93. The molecule has 1 N–H and O–H groups in total. The second kappa shape index (κ2) is 8.52. The number of sulfonamides is 1. The molecule has 0 aromatic heterocycles. The second-order valence-corrected chi connectivity index (χ2v) is 8.97. The minimum absolute atomic E-state index is 0.142. The van der Waals surface area contributed by atoms with E-state index in [-0.39, 0.29) is 24.3 Å². The van der Waals surface area contributed by atoms with Gasteiger partial charge < -0.3 is 9.64 Å². The van der Waals surface area contributed by atoms with E-state index in [4.69, 9.17) is 27.9 Å². The van der Waals surface area contributed by atoms with Crippen molar-refractivity contribution in [2.45, 2.75) is 24.6 Å². The van der Waals surface area contributed by atoms with Crippen molar-refractivity contribution in [3.05, 3.63) is 63.6 Å². The van der Waals surface area contributed by atoms with Crippen molar-refractivity contribution in [2.75, 3.05) is 11.3 Å². The first-order valence-corrected chi connectivity index (χ1v) is 10.8. The van der Waals surface area contributed by atoms with E-state index in [2.05, 4.69) is 0 Å². The van der Waals surface area contributed by atoms with E-state index >= 15 is 0 Å². The fourth-order valence-corrected chi connectivity index (χ4v) is 4.05. The Morgan fingerprint density at radius 3 is 2.50 bits per heavy atom. The standard InChI is InChI=1S/C18H15Cl2F3N2O4S/c19-12-5-6-13(14(20)9-12)16-7-8-25(17(26)29-16)10-11-3-1-2-4-15(11)24-30(27,28)18(21,22)23/h1-6,9,16,24H,7-8,10H2. The molecule has 2 aromatic carbocycles. The highest BCUT2D eigenvalue weighted by atomic mass is 35.5. The van der Waals surface area contributed by atoms with E-state index in [0.29, 0.717) is 22.0 Å². The maximum atomic E-state index is 12.7. The summed E-state index contributed by atoms with van der Waals surface area (Å²) >= 11 is 12.0. The van der Waals surface area contributed by atoms with Crippen molar-refractivity contribution in [3.63, 3.8) is 0 Å². The molecule has 0 radical (unpaired) electrons. The number of halogens is 5. The average molecular weight is 483 g/mol. The lowest BCUT2D eigenvalue weighted by Gasteiger charge is -2.32. The van der Waals surface area contributed by atoms with Crippen molar-refractivity contribution in [2.24, 2.45) is 0 Å². The van der Waals surface area contributed by atoms with E-state index < -0.39 is 27.7 Å². The Morgan fingerprint density at radius 1 is 1.17 bits per heavy atom. The number of hydrogen-bond donors (Lipinski definition) is 1. The van der Waals surface area contributed by atoms with Crippen LogP contribution in [0.5, 0.6) is 0 Å². The molecule has 6 nitrogen and oxygen atoms in total. The summed E-state index contributed by atoms with van der Waals surface area (Å²) in [5.74, 6) is 0. The maximum absolute atomic E-state index is 12.7. The van der Waals surface area contributed by atoms with Gasteiger partial charge in [0.2, 0.25) is 0 Å². The van der Waals surface area contributed by atoms with Crippen LogP contribution in [0.3, 0.4) is 0 Å². The molecule has 1 atom stereocenters. The summed E-state index contributed by atoms with van der Waals surface area (Å²) in [6, 6.07) is 10.3. The van der Waals surface area contributed by atoms with Gasteiger partial charge in [-0.25, -0.2) is 4.79 Å². The molecule has 1 saturated heterocycles.